The van der Waals surface area contributed by atoms with Crippen LogP contribution in [0, 0.1) is 5.92 Å². The predicted molar refractivity (Wildman–Crippen MR) is 112 cm³/mol. The lowest BCUT2D eigenvalue weighted by atomic mass is 10.0. The molecule has 28 heavy (non-hydrogen) atoms. The van der Waals surface area contributed by atoms with Crippen molar-refractivity contribution in [1.82, 2.24) is 10.2 Å². The molecule has 1 aliphatic heterocycles. The molecule has 1 fully saturated rings. The summed E-state index contributed by atoms with van der Waals surface area (Å²) in [5, 5.41) is 4.78. The third-order valence-electron chi connectivity index (χ3n) is 4.98. The van der Waals surface area contributed by atoms with Crippen molar-refractivity contribution in [2.75, 3.05) is 38.2 Å². The summed E-state index contributed by atoms with van der Waals surface area (Å²) in [5.74, 6) is 0.656. The second kappa shape index (κ2) is 9.10. The van der Waals surface area contributed by atoms with Crippen molar-refractivity contribution < 1.29 is 14.3 Å². The molecule has 1 aromatic heterocycles. The van der Waals surface area contributed by atoms with Gasteiger partial charge in [0.05, 0.1) is 17.7 Å². The molecule has 0 spiro atoms. The smallest absolute Gasteiger partial charge is 0.262 e. The molecule has 150 valence electrons. The van der Waals surface area contributed by atoms with Crippen LogP contribution in [0.15, 0.2) is 41.8 Å². The number of ether oxygens (including phenoxy) is 1. The number of hydrogen-bond acceptors (Lipinski definition) is 5. The van der Waals surface area contributed by atoms with Gasteiger partial charge >= 0.3 is 0 Å². The van der Waals surface area contributed by atoms with E-state index < -0.39 is 6.04 Å². The Morgan fingerprint density at radius 2 is 1.79 bits per heavy atom. The zero-order chi connectivity index (χ0) is 20.1. The van der Waals surface area contributed by atoms with Crippen LogP contribution in [0.3, 0.4) is 0 Å². The first-order valence-electron chi connectivity index (χ1n) is 9.52. The highest BCUT2D eigenvalue weighted by Crippen LogP contribution is 2.28. The molecule has 6 nitrogen and oxygen atoms in total. The average Bonchev–Trinajstić information content (AvgIpc) is 3.26. The Kier molecular flexibility index (Phi) is 6.57. The molecule has 3 rings (SSSR count). The number of nitrogens with one attached hydrogen (secondary N) is 1. The van der Waals surface area contributed by atoms with Gasteiger partial charge in [0, 0.05) is 26.2 Å². The summed E-state index contributed by atoms with van der Waals surface area (Å²) in [5.41, 5.74) is 1.04. The molecular weight excluding hydrogens is 374 g/mol. The number of amides is 2. The first-order valence-corrected chi connectivity index (χ1v) is 10.4. The summed E-state index contributed by atoms with van der Waals surface area (Å²) < 4.78 is 5.45. The molecule has 0 saturated carbocycles. The van der Waals surface area contributed by atoms with E-state index in [0.29, 0.717) is 18.0 Å². The minimum atomic E-state index is -0.521. The Balaban J connectivity index is 1.63. The normalized spacial score (nSPS) is 15.4. The molecule has 1 N–H and O–H groups in total. The number of carbonyl (C=O) groups excluding carboxylic acids is 2. The monoisotopic (exact) mass is 401 g/mol. The standard InChI is InChI=1S/C21H27N3O3S/c1-15(2)19(22-20(25)18-9-6-14-28-18)21(26)24-12-10-23(11-13-24)16-7-4-5-8-17(16)27-3/h4-9,14-15,19H,10-13H2,1-3H3,(H,22,25). The number of hydrogen-bond donors (Lipinski definition) is 1. The summed E-state index contributed by atoms with van der Waals surface area (Å²) in [6.45, 7) is 6.63. The number of rotatable bonds is 6. The van der Waals surface area contributed by atoms with Gasteiger partial charge in [-0.05, 0) is 29.5 Å². The Hall–Kier alpha value is -2.54. The van der Waals surface area contributed by atoms with E-state index in [4.69, 9.17) is 4.74 Å². The van der Waals surface area contributed by atoms with Crippen molar-refractivity contribution in [3.63, 3.8) is 0 Å². The predicted octanol–water partition coefficient (Wildman–Crippen LogP) is 2.86. The number of benzene rings is 1. The molecule has 1 saturated heterocycles. The number of thiophene rings is 1. The number of anilines is 1. The van der Waals surface area contributed by atoms with Gasteiger partial charge in [-0.3, -0.25) is 9.59 Å². The zero-order valence-corrected chi connectivity index (χ0v) is 17.4. The van der Waals surface area contributed by atoms with Crippen LogP contribution >= 0.6 is 11.3 Å². The van der Waals surface area contributed by atoms with Gasteiger partial charge < -0.3 is 19.9 Å². The Labute approximate surface area is 170 Å². The van der Waals surface area contributed by atoms with Crippen LogP contribution in [-0.4, -0.2) is 56.0 Å². The van der Waals surface area contributed by atoms with Crippen molar-refractivity contribution in [3.05, 3.63) is 46.7 Å². The molecule has 0 radical (unpaired) electrons. The molecule has 1 unspecified atom stereocenters. The fourth-order valence-corrected chi connectivity index (χ4v) is 4.02. The highest BCUT2D eigenvalue weighted by atomic mass is 32.1. The molecule has 7 heteroatoms. The Morgan fingerprint density at radius 1 is 1.07 bits per heavy atom. The van der Waals surface area contributed by atoms with Crippen LogP contribution in [0.2, 0.25) is 0 Å². The van der Waals surface area contributed by atoms with E-state index in [0.717, 1.165) is 24.5 Å². The Morgan fingerprint density at radius 3 is 2.39 bits per heavy atom. The van der Waals surface area contributed by atoms with Crippen LogP contribution in [0.1, 0.15) is 23.5 Å². The van der Waals surface area contributed by atoms with Crippen molar-refractivity contribution in [3.8, 4) is 5.75 Å². The van der Waals surface area contributed by atoms with Crippen molar-refractivity contribution in [2.24, 2.45) is 5.92 Å². The van der Waals surface area contributed by atoms with E-state index in [2.05, 4.69) is 10.2 Å². The number of piperazine rings is 1. The van der Waals surface area contributed by atoms with Gasteiger partial charge in [-0.1, -0.05) is 32.0 Å². The van der Waals surface area contributed by atoms with Crippen LogP contribution in [-0.2, 0) is 4.79 Å². The number of methoxy groups -OCH3 is 1. The molecular formula is C21H27N3O3S. The first-order chi connectivity index (χ1) is 13.5. The van der Waals surface area contributed by atoms with Crippen LogP contribution in [0.25, 0.3) is 0 Å². The topological polar surface area (TPSA) is 61.9 Å². The Bertz CT molecular complexity index is 799. The number of carbonyl (C=O) groups is 2. The summed E-state index contributed by atoms with van der Waals surface area (Å²) in [6, 6.07) is 11.0. The van der Waals surface area contributed by atoms with Gasteiger partial charge in [-0.2, -0.15) is 0 Å². The SMILES string of the molecule is COc1ccccc1N1CCN(C(=O)C(NC(=O)c2cccs2)C(C)C)CC1. The van der Waals surface area contributed by atoms with Crippen molar-refractivity contribution in [2.45, 2.75) is 19.9 Å². The van der Waals surface area contributed by atoms with Gasteiger partial charge in [0.1, 0.15) is 11.8 Å². The maximum atomic E-state index is 13.1. The maximum Gasteiger partial charge on any atom is 0.262 e. The van der Waals surface area contributed by atoms with E-state index in [-0.39, 0.29) is 17.7 Å². The maximum absolute atomic E-state index is 13.1. The third-order valence-corrected chi connectivity index (χ3v) is 5.85. The molecule has 0 bridgehead atoms. The van der Waals surface area contributed by atoms with Gasteiger partial charge in [0.25, 0.3) is 5.91 Å². The van der Waals surface area contributed by atoms with Crippen LogP contribution in [0.4, 0.5) is 5.69 Å². The zero-order valence-electron chi connectivity index (χ0n) is 16.6. The van der Waals surface area contributed by atoms with Crippen LogP contribution < -0.4 is 15.0 Å². The highest BCUT2D eigenvalue weighted by molar-refractivity contribution is 7.12. The molecule has 1 atom stereocenters. The van der Waals surface area contributed by atoms with E-state index in [1.807, 2.05) is 54.5 Å². The number of para-hydroxylation sites is 2. The van der Waals surface area contributed by atoms with Gasteiger partial charge in [-0.15, -0.1) is 11.3 Å². The second-order valence-corrected chi connectivity index (χ2v) is 8.10. The molecule has 1 aliphatic rings. The number of nitrogens with zero attached hydrogens (tertiary/aromatic N) is 2. The second-order valence-electron chi connectivity index (χ2n) is 7.16. The average molecular weight is 402 g/mol. The highest BCUT2D eigenvalue weighted by Gasteiger charge is 2.31. The van der Waals surface area contributed by atoms with Crippen LogP contribution in [0.5, 0.6) is 5.75 Å². The summed E-state index contributed by atoms with van der Waals surface area (Å²) in [7, 11) is 1.67. The fourth-order valence-electron chi connectivity index (χ4n) is 3.39. The third kappa shape index (κ3) is 4.47. The van der Waals surface area contributed by atoms with E-state index >= 15 is 0 Å². The van der Waals surface area contributed by atoms with E-state index in [1.54, 1.807) is 13.2 Å². The molecule has 2 aromatic rings. The quantitative estimate of drug-likeness (QED) is 0.809. The lowest BCUT2D eigenvalue weighted by Gasteiger charge is -2.38. The summed E-state index contributed by atoms with van der Waals surface area (Å²) in [6.07, 6.45) is 0. The lowest BCUT2D eigenvalue weighted by molar-refractivity contribution is -0.134. The van der Waals surface area contributed by atoms with Gasteiger partial charge in [-0.25, -0.2) is 0 Å². The van der Waals surface area contributed by atoms with E-state index in [9.17, 15) is 9.59 Å². The van der Waals surface area contributed by atoms with Gasteiger partial charge in [0.15, 0.2) is 0 Å². The molecule has 2 amide bonds. The molecule has 2 heterocycles. The minimum Gasteiger partial charge on any atom is -0.495 e. The summed E-state index contributed by atoms with van der Waals surface area (Å²) >= 11 is 1.38. The first kappa shape index (κ1) is 20.2. The lowest BCUT2D eigenvalue weighted by Crippen LogP contribution is -2.56. The van der Waals surface area contributed by atoms with Crippen molar-refractivity contribution >= 4 is 28.8 Å². The van der Waals surface area contributed by atoms with Gasteiger partial charge in [0.2, 0.25) is 5.91 Å². The van der Waals surface area contributed by atoms with Crippen molar-refractivity contribution in [1.29, 1.82) is 0 Å². The minimum absolute atomic E-state index is 0.0143. The molecule has 0 aliphatic carbocycles. The molecule has 1 aromatic carbocycles. The largest absolute Gasteiger partial charge is 0.495 e. The summed E-state index contributed by atoms with van der Waals surface area (Å²) in [4.78, 5) is 30.2. The fraction of sp³-hybridized carbons (Fsp3) is 0.429. The van der Waals surface area contributed by atoms with E-state index in [1.165, 1.54) is 11.3 Å².